The number of piperazine rings is 1. The van der Waals surface area contributed by atoms with Gasteiger partial charge >= 0.3 is 0 Å². The number of hydrogen-bond acceptors (Lipinski definition) is 6. The van der Waals surface area contributed by atoms with E-state index in [1.165, 1.54) is 4.57 Å². The molecule has 0 spiro atoms. The fourth-order valence-corrected chi connectivity index (χ4v) is 3.81. The number of hydrogen-bond donors (Lipinski definition) is 1. The fraction of sp³-hybridized carbons (Fsp3) is 0.455. The fourth-order valence-electron chi connectivity index (χ4n) is 3.81. The molecule has 0 radical (unpaired) electrons. The van der Waals surface area contributed by atoms with E-state index in [1.807, 2.05) is 0 Å². The topological polar surface area (TPSA) is 76.0 Å². The van der Waals surface area contributed by atoms with Crippen LogP contribution in [0.5, 0.6) is 11.5 Å². The van der Waals surface area contributed by atoms with Crippen LogP contribution in [0.4, 0.5) is 0 Å². The third-order valence-electron chi connectivity index (χ3n) is 5.69. The Morgan fingerprint density at radius 1 is 1.10 bits per heavy atom. The Hall–Kier alpha value is -2.84. The number of carbonyl (C=O) groups is 1. The SMILES string of the molecule is Cc1ccn(-c2ccc3c(c2)OCO3)c(=O)c1C(=O)NCCCN1CCN(C)CC1. The minimum absolute atomic E-state index is 0.170. The van der Waals surface area contributed by atoms with Crippen molar-refractivity contribution >= 4 is 5.91 Å². The average molecular weight is 412 g/mol. The Kier molecular flexibility index (Phi) is 6.06. The Morgan fingerprint density at radius 2 is 1.87 bits per heavy atom. The van der Waals surface area contributed by atoms with Gasteiger partial charge in [-0.3, -0.25) is 14.2 Å². The van der Waals surface area contributed by atoms with E-state index in [9.17, 15) is 9.59 Å². The van der Waals surface area contributed by atoms with Crippen LogP contribution in [0.2, 0.25) is 0 Å². The molecule has 2 aliphatic rings. The van der Waals surface area contributed by atoms with Gasteiger partial charge in [0.2, 0.25) is 6.79 Å². The molecule has 160 valence electrons. The number of amides is 1. The summed E-state index contributed by atoms with van der Waals surface area (Å²) in [5.74, 6) is 0.915. The first-order valence-corrected chi connectivity index (χ1v) is 10.3. The summed E-state index contributed by atoms with van der Waals surface area (Å²) in [6.45, 7) is 7.72. The number of ether oxygens (including phenoxy) is 2. The monoisotopic (exact) mass is 412 g/mol. The summed E-state index contributed by atoms with van der Waals surface area (Å²) in [5, 5.41) is 2.92. The number of nitrogens with one attached hydrogen (secondary N) is 1. The van der Waals surface area contributed by atoms with Crippen LogP contribution < -0.4 is 20.3 Å². The minimum atomic E-state index is -0.342. The van der Waals surface area contributed by atoms with Crippen molar-refractivity contribution in [3.05, 3.63) is 51.9 Å². The molecule has 1 fully saturated rings. The van der Waals surface area contributed by atoms with Gasteiger partial charge in [0.05, 0.1) is 5.69 Å². The summed E-state index contributed by atoms with van der Waals surface area (Å²) >= 11 is 0. The van der Waals surface area contributed by atoms with Crippen LogP contribution in [-0.4, -0.2) is 73.4 Å². The molecule has 0 unspecified atom stereocenters. The summed E-state index contributed by atoms with van der Waals surface area (Å²) in [4.78, 5) is 30.6. The van der Waals surface area contributed by atoms with E-state index in [0.29, 0.717) is 29.3 Å². The molecule has 0 bridgehead atoms. The van der Waals surface area contributed by atoms with E-state index in [2.05, 4.69) is 22.2 Å². The lowest BCUT2D eigenvalue weighted by molar-refractivity contribution is 0.0947. The average Bonchev–Trinajstić information content (AvgIpc) is 3.20. The summed E-state index contributed by atoms with van der Waals surface area (Å²) in [7, 11) is 2.14. The van der Waals surface area contributed by atoms with E-state index >= 15 is 0 Å². The molecule has 0 atom stereocenters. The van der Waals surface area contributed by atoms with Crippen LogP contribution in [-0.2, 0) is 0 Å². The van der Waals surface area contributed by atoms with Crippen molar-refractivity contribution in [2.24, 2.45) is 0 Å². The van der Waals surface area contributed by atoms with Gasteiger partial charge in [0.1, 0.15) is 5.56 Å². The van der Waals surface area contributed by atoms with E-state index in [-0.39, 0.29) is 23.8 Å². The lowest BCUT2D eigenvalue weighted by Crippen LogP contribution is -2.45. The van der Waals surface area contributed by atoms with Crippen molar-refractivity contribution in [2.75, 3.05) is 53.1 Å². The highest BCUT2D eigenvalue weighted by Crippen LogP contribution is 2.33. The van der Waals surface area contributed by atoms with Crippen molar-refractivity contribution < 1.29 is 14.3 Å². The lowest BCUT2D eigenvalue weighted by atomic mass is 10.1. The molecule has 4 rings (SSSR count). The molecular formula is C22H28N4O4. The van der Waals surface area contributed by atoms with Gasteiger partial charge < -0.3 is 24.6 Å². The van der Waals surface area contributed by atoms with E-state index in [0.717, 1.165) is 39.1 Å². The van der Waals surface area contributed by atoms with Gasteiger partial charge in [-0.2, -0.15) is 0 Å². The Labute approximate surface area is 176 Å². The van der Waals surface area contributed by atoms with Crippen molar-refractivity contribution in [1.29, 1.82) is 0 Å². The van der Waals surface area contributed by atoms with Crippen molar-refractivity contribution in [3.8, 4) is 17.2 Å². The molecule has 3 heterocycles. The van der Waals surface area contributed by atoms with Gasteiger partial charge in [-0.1, -0.05) is 0 Å². The maximum atomic E-state index is 13.1. The minimum Gasteiger partial charge on any atom is -0.454 e. The Bertz CT molecular complexity index is 980. The number of aromatic nitrogens is 1. The van der Waals surface area contributed by atoms with E-state index in [1.54, 1.807) is 37.4 Å². The van der Waals surface area contributed by atoms with Crippen molar-refractivity contribution in [2.45, 2.75) is 13.3 Å². The molecule has 30 heavy (non-hydrogen) atoms. The van der Waals surface area contributed by atoms with Crippen LogP contribution >= 0.6 is 0 Å². The quantitative estimate of drug-likeness (QED) is 0.720. The third kappa shape index (κ3) is 4.34. The van der Waals surface area contributed by atoms with Gasteiger partial charge in [0, 0.05) is 45.0 Å². The van der Waals surface area contributed by atoms with E-state index in [4.69, 9.17) is 9.47 Å². The number of fused-ring (bicyclic) bond motifs is 1. The summed E-state index contributed by atoms with van der Waals surface area (Å²) < 4.78 is 12.2. The zero-order valence-electron chi connectivity index (χ0n) is 17.5. The van der Waals surface area contributed by atoms with Crippen LogP contribution in [0.15, 0.2) is 35.3 Å². The highest BCUT2D eigenvalue weighted by Gasteiger charge is 2.19. The van der Waals surface area contributed by atoms with Gasteiger partial charge in [0.15, 0.2) is 11.5 Å². The molecule has 1 amide bonds. The lowest BCUT2D eigenvalue weighted by Gasteiger charge is -2.32. The summed E-state index contributed by atoms with van der Waals surface area (Å²) in [6, 6.07) is 7.08. The number of carbonyl (C=O) groups excluding carboxylic acids is 1. The van der Waals surface area contributed by atoms with Gasteiger partial charge in [-0.25, -0.2) is 0 Å². The summed E-state index contributed by atoms with van der Waals surface area (Å²) in [5.41, 5.74) is 1.13. The second kappa shape index (κ2) is 8.89. The smallest absolute Gasteiger partial charge is 0.268 e. The largest absolute Gasteiger partial charge is 0.454 e. The number of benzene rings is 1. The maximum Gasteiger partial charge on any atom is 0.268 e. The second-order valence-electron chi connectivity index (χ2n) is 7.84. The first-order valence-electron chi connectivity index (χ1n) is 10.3. The van der Waals surface area contributed by atoms with Crippen LogP contribution in [0.25, 0.3) is 5.69 Å². The van der Waals surface area contributed by atoms with Crippen molar-refractivity contribution in [1.82, 2.24) is 19.7 Å². The normalized spacial score (nSPS) is 16.6. The van der Waals surface area contributed by atoms with E-state index < -0.39 is 0 Å². The second-order valence-corrected chi connectivity index (χ2v) is 7.84. The Balaban J connectivity index is 1.41. The molecule has 0 aliphatic carbocycles. The number of nitrogens with zero attached hydrogens (tertiary/aromatic N) is 3. The molecule has 2 aliphatic heterocycles. The first-order chi connectivity index (χ1) is 14.5. The maximum absolute atomic E-state index is 13.1. The van der Waals surface area contributed by atoms with Gasteiger partial charge in [0.25, 0.3) is 11.5 Å². The highest BCUT2D eigenvalue weighted by atomic mass is 16.7. The summed E-state index contributed by atoms with van der Waals surface area (Å²) in [6.07, 6.45) is 2.54. The molecule has 1 aromatic heterocycles. The molecule has 1 aromatic carbocycles. The number of pyridine rings is 1. The molecule has 8 heteroatoms. The predicted molar refractivity (Wildman–Crippen MR) is 114 cm³/mol. The predicted octanol–water partition coefficient (Wildman–Crippen LogP) is 1.24. The van der Waals surface area contributed by atoms with Crippen molar-refractivity contribution in [3.63, 3.8) is 0 Å². The highest BCUT2D eigenvalue weighted by molar-refractivity contribution is 5.95. The molecule has 1 saturated heterocycles. The number of aryl methyl sites for hydroxylation is 1. The van der Waals surface area contributed by atoms with Gasteiger partial charge in [-0.15, -0.1) is 0 Å². The number of rotatable bonds is 6. The molecule has 1 N–H and O–H groups in total. The molecule has 2 aromatic rings. The first kappa shape index (κ1) is 20.4. The van der Waals surface area contributed by atoms with Gasteiger partial charge in [-0.05, 0) is 50.7 Å². The Morgan fingerprint density at radius 3 is 2.67 bits per heavy atom. The zero-order valence-corrected chi connectivity index (χ0v) is 17.5. The zero-order chi connectivity index (χ0) is 21.1. The van der Waals surface area contributed by atoms with Crippen LogP contribution in [0, 0.1) is 6.92 Å². The molecule has 0 saturated carbocycles. The van der Waals surface area contributed by atoms with Crippen LogP contribution in [0.3, 0.4) is 0 Å². The van der Waals surface area contributed by atoms with Crippen LogP contribution in [0.1, 0.15) is 22.3 Å². The molecule has 8 nitrogen and oxygen atoms in total. The number of likely N-dealkylation sites (N-methyl/N-ethyl adjacent to an activating group) is 1. The molecular weight excluding hydrogens is 384 g/mol. The third-order valence-corrected chi connectivity index (χ3v) is 5.69. The standard InChI is InChI=1S/C22H28N4O4/c1-16-6-9-26(17-4-5-18-19(14-17)30-15-29-18)22(28)20(16)21(27)23-7-3-8-25-12-10-24(2)11-13-25/h4-6,9,14H,3,7-8,10-13,15H2,1-2H3,(H,23,27).